The van der Waals surface area contributed by atoms with Gasteiger partial charge in [-0.2, -0.15) is 0 Å². The maximum absolute atomic E-state index is 12.4. The van der Waals surface area contributed by atoms with Gasteiger partial charge in [0.1, 0.15) is 0 Å². The summed E-state index contributed by atoms with van der Waals surface area (Å²) in [6.07, 6.45) is 3.78. The van der Waals surface area contributed by atoms with Gasteiger partial charge in [-0.05, 0) is 12.1 Å². The molecule has 130 valence electrons. The maximum Gasteiger partial charge on any atom is 0.255 e. The van der Waals surface area contributed by atoms with Crippen molar-refractivity contribution in [1.29, 1.82) is 0 Å². The van der Waals surface area contributed by atoms with E-state index < -0.39 is 0 Å². The molecule has 0 saturated carbocycles. The number of nitrogens with zero attached hydrogens (tertiary/aromatic N) is 4. The highest BCUT2D eigenvalue weighted by Crippen LogP contribution is 2.09. The van der Waals surface area contributed by atoms with Gasteiger partial charge in [0, 0.05) is 64.6 Å². The topological polar surface area (TPSA) is 66.0 Å². The van der Waals surface area contributed by atoms with Crippen LogP contribution in [0.15, 0.2) is 24.5 Å². The molecule has 2 amide bonds. The SMILES string of the molecule is O=C(CCN1CCOCC1)N1CCN(C(=O)c2cccnc2)CC1. The number of pyridine rings is 1. The second-order valence-electron chi connectivity index (χ2n) is 6.12. The summed E-state index contributed by atoms with van der Waals surface area (Å²) in [5.74, 6) is 0.165. The van der Waals surface area contributed by atoms with Crippen LogP contribution in [0.25, 0.3) is 0 Å². The Bertz CT molecular complexity index is 552. The third-order valence-electron chi connectivity index (χ3n) is 4.57. The van der Waals surface area contributed by atoms with Gasteiger partial charge >= 0.3 is 0 Å². The lowest BCUT2D eigenvalue weighted by Gasteiger charge is -2.35. The summed E-state index contributed by atoms with van der Waals surface area (Å²) < 4.78 is 5.31. The summed E-state index contributed by atoms with van der Waals surface area (Å²) in [7, 11) is 0. The number of aromatic nitrogens is 1. The van der Waals surface area contributed by atoms with Crippen LogP contribution < -0.4 is 0 Å². The number of piperazine rings is 1. The van der Waals surface area contributed by atoms with Crippen LogP contribution in [0.2, 0.25) is 0 Å². The number of carbonyl (C=O) groups excluding carboxylic acids is 2. The van der Waals surface area contributed by atoms with Crippen molar-refractivity contribution >= 4 is 11.8 Å². The molecular weight excluding hydrogens is 308 g/mol. The van der Waals surface area contributed by atoms with Crippen molar-refractivity contribution in [2.45, 2.75) is 6.42 Å². The molecule has 3 heterocycles. The van der Waals surface area contributed by atoms with Crippen LogP contribution in [0.5, 0.6) is 0 Å². The fourth-order valence-electron chi connectivity index (χ4n) is 3.07. The van der Waals surface area contributed by atoms with Crippen LogP contribution in [-0.2, 0) is 9.53 Å². The number of hydrogen-bond donors (Lipinski definition) is 0. The van der Waals surface area contributed by atoms with E-state index in [9.17, 15) is 9.59 Å². The summed E-state index contributed by atoms with van der Waals surface area (Å²) in [5.41, 5.74) is 0.601. The van der Waals surface area contributed by atoms with Gasteiger partial charge in [-0.1, -0.05) is 0 Å². The van der Waals surface area contributed by atoms with Crippen molar-refractivity contribution in [3.8, 4) is 0 Å². The predicted molar refractivity (Wildman–Crippen MR) is 88.6 cm³/mol. The summed E-state index contributed by atoms with van der Waals surface area (Å²) in [4.78, 5) is 34.6. The Hall–Kier alpha value is -1.99. The Labute approximate surface area is 142 Å². The molecule has 0 aliphatic carbocycles. The molecule has 1 aromatic rings. The largest absolute Gasteiger partial charge is 0.379 e. The van der Waals surface area contributed by atoms with Gasteiger partial charge in [0.25, 0.3) is 5.91 Å². The lowest BCUT2D eigenvalue weighted by Crippen LogP contribution is -2.51. The number of hydrogen-bond acceptors (Lipinski definition) is 5. The average Bonchev–Trinajstić information content (AvgIpc) is 2.67. The van der Waals surface area contributed by atoms with E-state index in [2.05, 4.69) is 9.88 Å². The van der Waals surface area contributed by atoms with E-state index in [1.807, 2.05) is 4.90 Å². The summed E-state index contributed by atoms with van der Waals surface area (Å²) in [5, 5.41) is 0. The van der Waals surface area contributed by atoms with Crippen LogP contribution in [0.3, 0.4) is 0 Å². The Morgan fingerprint density at radius 3 is 2.42 bits per heavy atom. The molecule has 0 spiro atoms. The predicted octanol–water partition coefficient (Wildman–Crippen LogP) is 0.0883. The molecule has 0 unspecified atom stereocenters. The van der Waals surface area contributed by atoms with E-state index in [1.54, 1.807) is 29.4 Å². The molecule has 24 heavy (non-hydrogen) atoms. The minimum atomic E-state index is -0.0106. The Kier molecular flexibility index (Phi) is 5.77. The van der Waals surface area contributed by atoms with Gasteiger partial charge in [0.15, 0.2) is 0 Å². The highest BCUT2D eigenvalue weighted by Gasteiger charge is 2.25. The zero-order valence-electron chi connectivity index (χ0n) is 13.9. The lowest BCUT2D eigenvalue weighted by atomic mass is 10.2. The van der Waals surface area contributed by atoms with Crippen LogP contribution in [0.1, 0.15) is 16.8 Å². The third-order valence-corrected chi connectivity index (χ3v) is 4.57. The van der Waals surface area contributed by atoms with Crippen molar-refractivity contribution in [3.63, 3.8) is 0 Å². The molecule has 0 radical (unpaired) electrons. The van der Waals surface area contributed by atoms with Crippen molar-refractivity contribution in [2.24, 2.45) is 0 Å². The second kappa shape index (κ2) is 8.21. The molecule has 2 fully saturated rings. The molecule has 3 rings (SSSR count). The molecule has 2 saturated heterocycles. The zero-order chi connectivity index (χ0) is 16.8. The second-order valence-corrected chi connectivity index (χ2v) is 6.12. The first kappa shape index (κ1) is 16.9. The highest BCUT2D eigenvalue weighted by molar-refractivity contribution is 5.94. The van der Waals surface area contributed by atoms with Gasteiger partial charge in [-0.15, -0.1) is 0 Å². The highest BCUT2D eigenvalue weighted by atomic mass is 16.5. The summed E-state index contributed by atoms with van der Waals surface area (Å²) >= 11 is 0. The zero-order valence-corrected chi connectivity index (χ0v) is 13.9. The summed E-state index contributed by atoms with van der Waals surface area (Å²) in [6, 6.07) is 3.54. The van der Waals surface area contributed by atoms with Crippen LogP contribution in [0, 0.1) is 0 Å². The molecule has 2 aliphatic rings. The minimum absolute atomic E-state index is 0.0106. The van der Waals surface area contributed by atoms with E-state index >= 15 is 0 Å². The first-order valence-electron chi connectivity index (χ1n) is 8.51. The summed E-state index contributed by atoms with van der Waals surface area (Å²) in [6.45, 7) is 6.47. The monoisotopic (exact) mass is 332 g/mol. The molecule has 1 aromatic heterocycles. The van der Waals surface area contributed by atoms with Gasteiger partial charge in [-0.25, -0.2) is 0 Å². The van der Waals surface area contributed by atoms with E-state index in [0.717, 1.165) is 32.8 Å². The van der Waals surface area contributed by atoms with E-state index in [1.165, 1.54) is 0 Å². The smallest absolute Gasteiger partial charge is 0.255 e. The van der Waals surface area contributed by atoms with Crippen LogP contribution in [0.4, 0.5) is 0 Å². The van der Waals surface area contributed by atoms with Crippen molar-refractivity contribution in [3.05, 3.63) is 30.1 Å². The van der Waals surface area contributed by atoms with Crippen molar-refractivity contribution < 1.29 is 14.3 Å². The van der Waals surface area contributed by atoms with Crippen LogP contribution >= 0.6 is 0 Å². The van der Waals surface area contributed by atoms with Gasteiger partial charge < -0.3 is 14.5 Å². The number of carbonyl (C=O) groups is 2. The fraction of sp³-hybridized carbons (Fsp3) is 0.588. The molecule has 0 atom stereocenters. The molecule has 0 aromatic carbocycles. The fourth-order valence-corrected chi connectivity index (χ4v) is 3.07. The van der Waals surface area contributed by atoms with Crippen molar-refractivity contribution in [2.75, 3.05) is 59.0 Å². The normalized spacial score (nSPS) is 19.3. The van der Waals surface area contributed by atoms with Gasteiger partial charge in [-0.3, -0.25) is 19.5 Å². The van der Waals surface area contributed by atoms with Gasteiger partial charge in [0.05, 0.1) is 18.8 Å². The molecular formula is C17H24N4O3. The Morgan fingerprint density at radius 1 is 1.04 bits per heavy atom. The first-order chi connectivity index (χ1) is 11.7. The Balaban J connectivity index is 1.42. The molecule has 7 heteroatoms. The number of ether oxygens (including phenoxy) is 1. The standard InChI is InChI=1S/C17H24N4O3/c22-16(3-5-19-10-12-24-13-11-19)20-6-8-21(9-7-20)17(23)15-2-1-4-18-14-15/h1-2,4,14H,3,5-13H2. The molecule has 7 nitrogen and oxygen atoms in total. The lowest BCUT2D eigenvalue weighted by molar-refractivity contribution is -0.133. The van der Waals surface area contributed by atoms with Crippen molar-refractivity contribution in [1.82, 2.24) is 19.7 Å². The number of amides is 2. The van der Waals surface area contributed by atoms with Crippen LogP contribution in [-0.4, -0.2) is 90.5 Å². The minimum Gasteiger partial charge on any atom is -0.379 e. The molecule has 0 bridgehead atoms. The molecule has 2 aliphatic heterocycles. The Morgan fingerprint density at radius 2 is 1.75 bits per heavy atom. The van der Waals surface area contributed by atoms with E-state index in [4.69, 9.17) is 4.74 Å². The number of morpholine rings is 1. The van der Waals surface area contributed by atoms with E-state index in [-0.39, 0.29) is 11.8 Å². The molecule has 0 N–H and O–H groups in total. The third kappa shape index (κ3) is 4.30. The average molecular weight is 332 g/mol. The van der Waals surface area contributed by atoms with Gasteiger partial charge in [0.2, 0.25) is 5.91 Å². The maximum atomic E-state index is 12.4. The van der Waals surface area contributed by atoms with E-state index in [0.29, 0.717) is 38.2 Å². The quantitative estimate of drug-likeness (QED) is 0.782. The number of rotatable bonds is 4. The first-order valence-corrected chi connectivity index (χ1v) is 8.51.